The summed E-state index contributed by atoms with van der Waals surface area (Å²) in [4.78, 5) is 45.6. The Kier molecular flexibility index (Phi) is 5.52. The number of carbonyl (C=O) groups excluding carboxylic acids is 2. The number of hydrogen-bond donors (Lipinski definition) is 1. The van der Waals surface area contributed by atoms with E-state index in [9.17, 15) is 24.5 Å². The van der Waals surface area contributed by atoms with Crippen LogP contribution in [0.15, 0.2) is 27.4 Å². The van der Waals surface area contributed by atoms with E-state index in [0.29, 0.717) is 6.54 Å². The minimum atomic E-state index is -1.01. The molecule has 1 aromatic heterocycles. The zero-order valence-corrected chi connectivity index (χ0v) is 13.7. The third-order valence-electron chi connectivity index (χ3n) is 3.38. The SMILES string of the molecule is CCCNC(=O)[C@H](C)OC(=O)Cn1c(=O)oc2cc([N+](=O)[O-])ccc21. The molecule has 2 aromatic rings. The Labute approximate surface area is 141 Å². The van der Waals surface area contributed by atoms with E-state index in [-0.39, 0.29) is 16.8 Å². The molecule has 0 spiro atoms. The highest BCUT2D eigenvalue weighted by Gasteiger charge is 2.20. The highest BCUT2D eigenvalue weighted by atomic mass is 16.6. The number of ether oxygens (including phenoxy) is 1. The molecule has 0 aliphatic rings. The number of fused-ring (bicyclic) bond motifs is 1. The molecule has 1 amide bonds. The van der Waals surface area contributed by atoms with Crippen LogP contribution in [0.2, 0.25) is 0 Å². The highest BCUT2D eigenvalue weighted by molar-refractivity contribution is 5.84. The molecule has 1 atom stereocenters. The quantitative estimate of drug-likeness (QED) is 0.446. The first kappa shape index (κ1) is 18.2. The van der Waals surface area contributed by atoms with Crippen LogP contribution >= 0.6 is 0 Å². The third kappa shape index (κ3) is 4.22. The van der Waals surface area contributed by atoms with Crippen molar-refractivity contribution in [2.24, 2.45) is 0 Å². The lowest BCUT2D eigenvalue weighted by atomic mass is 10.3. The summed E-state index contributed by atoms with van der Waals surface area (Å²) in [5.74, 6) is -2.09. The summed E-state index contributed by atoms with van der Waals surface area (Å²) in [6, 6.07) is 3.60. The first-order valence-corrected chi connectivity index (χ1v) is 7.58. The van der Waals surface area contributed by atoms with Gasteiger partial charge in [-0.1, -0.05) is 6.92 Å². The van der Waals surface area contributed by atoms with Crippen molar-refractivity contribution < 1.29 is 23.7 Å². The molecule has 10 nitrogen and oxygen atoms in total. The summed E-state index contributed by atoms with van der Waals surface area (Å²) in [5.41, 5.74) is -0.0337. The molecule has 0 saturated heterocycles. The molecule has 0 fully saturated rings. The average Bonchev–Trinajstić information content (AvgIpc) is 2.87. The van der Waals surface area contributed by atoms with Crippen molar-refractivity contribution in [1.82, 2.24) is 9.88 Å². The van der Waals surface area contributed by atoms with Crippen LogP contribution in [0, 0.1) is 10.1 Å². The summed E-state index contributed by atoms with van der Waals surface area (Å²) < 4.78 is 10.9. The second-order valence-electron chi connectivity index (χ2n) is 5.29. The third-order valence-corrected chi connectivity index (χ3v) is 3.38. The summed E-state index contributed by atoms with van der Waals surface area (Å²) in [7, 11) is 0. The average molecular weight is 351 g/mol. The smallest absolute Gasteiger partial charge is 0.420 e. The zero-order chi connectivity index (χ0) is 18.6. The molecule has 25 heavy (non-hydrogen) atoms. The Morgan fingerprint density at radius 1 is 1.44 bits per heavy atom. The first-order chi connectivity index (χ1) is 11.8. The van der Waals surface area contributed by atoms with Crippen LogP contribution in [0.25, 0.3) is 11.1 Å². The van der Waals surface area contributed by atoms with Crippen LogP contribution in [0.3, 0.4) is 0 Å². The Bertz CT molecular complexity index is 868. The molecule has 1 N–H and O–H groups in total. The lowest BCUT2D eigenvalue weighted by Gasteiger charge is -2.13. The minimum absolute atomic E-state index is 0.0132. The molecular weight excluding hydrogens is 334 g/mol. The van der Waals surface area contributed by atoms with Crippen LogP contribution in [-0.4, -0.2) is 34.0 Å². The topological polar surface area (TPSA) is 134 Å². The summed E-state index contributed by atoms with van der Waals surface area (Å²) in [6.07, 6.45) is -0.261. The number of benzene rings is 1. The number of nitrogens with one attached hydrogen (secondary N) is 1. The van der Waals surface area contributed by atoms with Gasteiger partial charge in [0, 0.05) is 12.6 Å². The molecule has 0 aliphatic heterocycles. The predicted molar refractivity (Wildman–Crippen MR) is 86.0 cm³/mol. The fourth-order valence-corrected chi connectivity index (χ4v) is 2.13. The Balaban J connectivity index is 2.13. The molecule has 134 valence electrons. The second kappa shape index (κ2) is 7.60. The van der Waals surface area contributed by atoms with Gasteiger partial charge in [0.15, 0.2) is 11.7 Å². The number of nitro benzene ring substituents is 1. The van der Waals surface area contributed by atoms with Crippen molar-refractivity contribution in [1.29, 1.82) is 0 Å². The lowest BCUT2D eigenvalue weighted by molar-refractivity contribution is -0.384. The number of esters is 1. The Morgan fingerprint density at radius 3 is 2.80 bits per heavy atom. The van der Waals surface area contributed by atoms with Crippen molar-refractivity contribution in [3.8, 4) is 0 Å². The number of hydrogen-bond acceptors (Lipinski definition) is 7. The number of rotatable bonds is 7. The van der Waals surface area contributed by atoms with E-state index in [4.69, 9.17) is 9.15 Å². The number of aromatic nitrogens is 1. The number of oxazole rings is 1. The standard InChI is InChI=1S/C15H17N3O7/c1-3-6-16-14(20)9(2)24-13(19)8-17-11-5-4-10(18(22)23)7-12(11)25-15(17)21/h4-5,7,9H,3,6,8H2,1-2H3,(H,16,20)/t9-/m0/s1. The molecule has 10 heteroatoms. The van der Waals surface area contributed by atoms with Gasteiger partial charge in [0.2, 0.25) is 0 Å². The fourth-order valence-electron chi connectivity index (χ4n) is 2.13. The monoisotopic (exact) mass is 351 g/mol. The number of nitro groups is 1. The van der Waals surface area contributed by atoms with E-state index in [1.54, 1.807) is 0 Å². The second-order valence-corrected chi connectivity index (χ2v) is 5.29. The molecule has 0 saturated carbocycles. The Hall–Kier alpha value is -3.17. The molecule has 0 radical (unpaired) electrons. The Morgan fingerprint density at radius 2 is 2.16 bits per heavy atom. The van der Waals surface area contributed by atoms with Gasteiger partial charge in [0.1, 0.15) is 6.54 Å². The molecule has 1 heterocycles. The maximum absolute atomic E-state index is 12.0. The summed E-state index contributed by atoms with van der Waals surface area (Å²) >= 11 is 0. The summed E-state index contributed by atoms with van der Waals surface area (Å²) in [6.45, 7) is 3.29. The van der Waals surface area contributed by atoms with Gasteiger partial charge < -0.3 is 14.5 Å². The molecular formula is C15H17N3O7. The fraction of sp³-hybridized carbons (Fsp3) is 0.400. The maximum atomic E-state index is 12.0. The molecule has 0 unspecified atom stereocenters. The zero-order valence-electron chi connectivity index (χ0n) is 13.7. The maximum Gasteiger partial charge on any atom is 0.420 e. The van der Waals surface area contributed by atoms with Gasteiger partial charge in [-0.3, -0.25) is 24.3 Å². The molecule has 0 bridgehead atoms. The van der Waals surface area contributed by atoms with Crippen molar-refractivity contribution in [3.05, 3.63) is 38.9 Å². The van der Waals surface area contributed by atoms with E-state index >= 15 is 0 Å². The van der Waals surface area contributed by atoms with Crippen LogP contribution < -0.4 is 11.1 Å². The number of non-ortho nitro benzene ring substituents is 1. The lowest BCUT2D eigenvalue weighted by Crippen LogP contribution is -2.37. The summed E-state index contributed by atoms with van der Waals surface area (Å²) in [5, 5.41) is 13.3. The minimum Gasteiger partial charge on any atom is -0.451 e. The predicted octanol–water partition coefficient (Wildman–Crippen LogP) is 0.961. The van der Waals surface area contributed by atoms with Crippen molar-refractivity contribution in [2.75, 3.05) is 6.54 Å². The van der Waals surface area contributed by atoms with E-state index in [0.717, 1.165) is 17.1 Å². The van der Waals surface area contributed by atoms with Gasteiger partial charge in [0.25, 0.3) is 11.6 Å². The number of nitrogens with zero attached hydrogens (tertiary/aromatic N) is 2. The van der Waals surface area contributed by atoms with Crippen LogP contribution in [0.1, 0.15) is 20.3 Å². The normalized spacial score (nSPS) is 11.9. The first-order valence-electron chi connectivity index (χ1n) is 7.58. The van der Waals surface area contributed by atoms with Crippen LogP contribution in [0.5, 0.6) is 0 Å². The molecule has 1 aromatic carbocycles. The van der Waals surface area contributed by atoms with Gasteiger partial charge in [-0.05, 0) is 19.4 Å². The van der Waals surface area contributed by atoms with Crippen molar-refractivity contribution in [2.45, 2.75) is 32.9 Å². The van der Waals surface area contributed by atoms with Gasteiger partial charge in [0.05, 0.1) is 16.5 Å². The number of carbonyl (C=O) groups is 2. The van der Waals surface area contributed by atoms with Gasteiger partial charge in [-0.15, -0.1) is 0 Å². The van der Waals surface area contributed by atoms with E-state index in [2.05, 4.69) is 5.32 Å². The largest absolute Gasteiger partial charge is 0.451 e. The van der Waals surface area contributed by atoms with Crippen molar-refractivity contribution in [3.63, 3.8) is 0 Å². The highest BCUT2D eigenvalue weighted by Crippen LogP contribution is 2.20. The number of amides is 1. The van der Waals surface area contributed by atoms with E-state index in [1.807, 2.05) is 6.92 Å². The van der Waals surface area contributed by atoms with Crippen LogP contribution in [-0.2, 0) is 20.9 Å². The molecule has 2 rings (SSSR count). The molecule has 0 aliphatic carbocycles. The van der Waals surface area contributed by atoms with Gasteiger partial charge in [-0.25, -0.2) is 4.79 Å². The van der Waals surface area contributed by atoms with E-state index in [1.165, 1.54) is 19.1 Å². The van der Waals surface area contributed by atoms with Crippen molar-refractivity contribution >= 4 is 28.7 Å². The van der Waals surface area contributed by atoms with Gasteiger partial charge >= 0.3 is 11.7 Å². The van der Waals surface area contributed by atoms with Crippen LogP contribution in [0.4, 0.5) is 5.69 Å². The van der Waals surface area contributed by atoms with Gasteiger partial charge in [-0.2, -0.15) is 0 Å². The van der Waals surface area contributed by atoms with E-state index < -0.39 is 35.2 Å².